The Morgan fingerprint density at radius 3 is 2.53 bits per heavy atom. The van der Waals surface area contributed by atoms with Gasteiger partial charge in [-0.25, -0.2) is 0 Å². The van der Waals surface area contributed by atoms with Crippen LogP contribution in [-0.2, 0) is 0 Å². The monoisotopic (exact) mass is 237 g/mol. The fourth-order valence-corrected chi connectivity index (χ4v) is 3.36. The molecule has 1 aliphatic carbocycles. The zero-order valence-corrected chi connectivity index (χ0v) is 12.5. The van der Waals surface area contributed by atoms with Crippen molar-refractivity contribution < 1.29 is 0 Å². The molecule has 0 bridgehead atoms. The van der Waals surface area contributed by atoms with Crippen LogP contribution >= 0.6 is 0 Å². The smallest absolute Gasteiger partial charge is 0.00999 e. The predicted octanol–water partition coefficient (Wildman–Crippen LogP) is 4.39. The zero-order chi connectivity index (χ0) is 13.1. The maximum atomic E-state index is 4.04. The van der Waals surface area contributed by atoms with Gasteiger partial charge in [-0.2, -0.15) is 0 Å². The van der Waals surface area contributed by atoms with E-state index in [4.69, 9.17) is 0 Å². The standard InChI is InChI=1S/C16H31N/c1-12(2)9-10-16(4,5)14-8-7-13(3)11-15(14)17-6/h13-15,17H,1,7-11H2,2-6H3. The third kappa shape index (κ3) is 4.13. The van der Waals surface area contributed by atoms with Gasteiger partial charge >= 0.3 is 0 Å². The third-order valence-electron chi connectivity index (χ3n) is 4.68. The van der Waals surface area contributed by atoms with Crippen LogP contribution in [0.1, 0.15) is 59.8 Å². The molecule has 0 aromatic carbocycles. The highest BCUT2D eigenvalue weighted by atomic mass is 14.9. The molecule has 100 valence electrons. The largest absolute Gasteiger partial charge is 0.317 e. The Morgan fingerprint density at radius 2 is 2.00 bits per heavy atom. The van der Waals surface area contributed by atoms with Crippen LogP contribution in [0, 0.1) is 17.3 Å². The van der Waals surface area contributed by atoms with E-state index in [0.29, 0.717) is 11.5 Å². The second kappa shape index (κ2) is 6.04. The lowest BCUT2D eigenvalue weighted by Gasteiger charge is -2.44. The highest BCUT2D eigenvalue weighted by Gasteiger charge is 2.37. The van der Waals surface area contributed by atoms with Gasteiger partial charge in [0.15, 0.2) is 0 Å². The molecule has 0 heterocycles. The molecule has 1 saturated carbocycles. The van der Waals surface area contributed by atoms with Crippen molar-refractivity contribution >= 4 is 0 Å². The Balaban J connectivity index is 2.64. The van der Waals surface area contributed by atoms with E-state index < -0.39 is 0 Å². The van der Waals surface area contributed by atoms with Crippen LogP contribution in [0.15, 0.2) is 12.2 Å². The predicted molar refractivity (Wildman–Crippen MR) is 77.2 cm³/mol. The van der Waals surface area contributed by atoms with Gasteiger partial charge in [-0.05, 0) is 56.9 Å². The van der Waals surface area contributed by atoms with Crippen LogP contribution in [0.2, 0.25) is 0 Å². The molecular weight excluding hydrogens is 206 g/mol. The Bertz CT molecular complexity index is 254. The minimum absolute atomic E-state index is 0.437. The minimum atomic E-state index is 0.437. The molecule has 0 radical (unpaired) electrons. The lowest BCUT2D eigenvalue weighted by molar-refractivity contribution is 0.0907. The topological polar surface area (TPSA) is 12.0 Å². The molecule has 0 aromatic heterocycles. The van der Waals surface area contributed by atoms with Crippen LogP contribution in [0.5, 0.6) is 0 Å². The molecule has 1 N–H and O–H groups in total. The normalized spacial score (nSPS) is 30.3. The van der Waals surface area contributed by atoms with Gasteiger partial charge in [0, 0.05) is 6.04 Å². The summed E-state index contributed by atoms with van der Waals surface area (Å²) in [6, 6.07) is 0.707. The lowest BCUT2D eigenvalue weighted by Crippen LogP contribution is -2.45. The van der Waals surface area contributed by atoms with Gasteiger partial charge in [0.25, 0.3) is 0 Å². The maximum absolute atomic E-state index is 4.04. The Labute approximate surface area is 108 Å². The van der Waals surface area contributed by atoms with Crippen molar-refractivity contribution in [1.82, 2.24) is 5.32 Å². The van der Waals surface area contributed by atoms with Gasteiger partial charge in [0.05, 0.1) is 0 Å². The average molecular weight is 237 g/mol. The number of hydrogen-bond acceptors (Lipinski definition) is 1. The first-order chi connectivity index (χ1) is 7.86. The van der Waals surface area contributed by atoms with Gasteiger partial charge in [-0.1, -0.05) is 32.8 Å². The Kier molecular flexibility index (Phi) is 5.24. The maximum Gasteiger partial charge on any atom is 0.00999 e. The van der Waals surface area contributed by atoms with E-state index in [1.165, 1.54) is 37.7 Å². The summed E-state index contributed by atoms with van der Waals surface area (Å²) in [4.78, 5) is 0. The second-order valence-electron chi connectivity index (χ2n) is 6.87. The number of rotatable bonds is 5. The van der Waals surface area contributed by atoms with Crippen LogP contribution < -0.4 is 5.32 Å². The van der Waals surface area contributed by atoms with E-state index in [1.807, 2.05) is 0 Å². The summed E-state index contributed by atoms with van der Waals surface area (Å²) in [7, 11) is 2.13. The molecule has 17 heavy (non-hydrogen) atoms. The van der Waals surface area contributed by atoms with Crippen LogP contribution in [0.4, 0.5) is 0 Å². The molecule has 0 aliphatic heterocycles. The van der Waals surface area contributed by atoms with Crippen LogP contribution in [0.3, 0.4) is 0 Å². The first-order valence-electron chi connectivity index (χ1n) is 7.18. The third-order valence-corrected chi connectivity index (χ3v) is 4.68. The molecular formula is C16H31N. The summed E-state index contributed by atoms with van der Waals surface area (Å²) in [5.74, 6) is 1.71. The summed E-state index contributed by atoms with van der Waals surface area (Å²) in [5.41, 5.74) is 1.76. The quantitative estimate of drug-likeness (QED) is 0.699. The van der Waals surface area contributed by atoms with Gasteiger partial charge in [0.2, 0.25) is 0 Å². The van der Waals surface area contributed by atoms with E-state index in [2.05, 4.69) is 46.6 Å². The molecule has 1 nitrogen and oxygen atoms in total. The molecule has 3 unspecified atom stereocenters. The summed E-state index contributed by atoms with van der Waals surface area (Å²) < 4.78 is 0. The van der Waals surface area contributed by atoms with E-state index in [0.717, 1.165) is 11.8 Å². The molecule has 1 rings (SSSR count). The molecule has 0 spiro atoms. The molecule has 1 aliphatic rings. The van der Waals surface area contributed by atoms with Crippen molar-refractivity contribution in [3.8, 4) is 0 Å². The van der Waals surface area contributed by atoms with Crippen molar-refractivity contribution in [1.29, 1.82) is 0 Å². The fourth-order valence-electron chi connectivity index (χ4n) is 3.36. The number of allylic oxidation sites excluding steroid dienone is 1. The molecule has 0 saturated heterocycles. The first kappa shape index (κ1) is 14.8. The lowest BCUT2D eigenvalue weighted by atomic mass is 9.64. The Morgan fingerprint density at radius 1 is 1.35 bits per heavy atom. The van der Waals surface area contributed by atoms with Crippen LogP contribution in [-0.4, -0.2) is 13.1 Å². The van der Waals surface area contributed by atoms with Gasteiger partial charge in [0.1, 0.15) is 0 Å². The van der Waals surface area contributed by atoms with Crippen molar-refractivity contribution in [3.05, 3.63) is 12.2 Å². The van der Waals surface area contributed by atoms with E-state index in [9.17, 15) is 0 Å². The van der Waals surface area contributed by atoms with Crippen molar-refractivity contribution in [3.63, 3.8) is 0 Å². The molecule has 1 fully saturated rings. The van der Waals surface area contributed by atoms with Crippen LogP contribution in [0.25, 0.3) is 0 Å². The summed E-state index contributed by atoms with van der Waals surface area (Å²) in [6.07, 6.45) is 6.59. The molecule has 0 aromatic rings. The Hall–Kier alpha value is -0.300. The van der Waals surface area contributed by atoms with Crippen molar-refractivity contribution in [2.75, 3.05) is 7.05 Å². The minimum Gasteiger partial charge on any atom is -0.317 e. The molecule has 0 amide bonds. The number of nitrogens with one attached hydrogen (secondary N) is 1. The van der Waals surface area contributed by atoms with Crippen molar-refractivity contribution in [2.45, 2.75) is 65.8 Å². The highest BCUT2D eigenvalue weighted by Crippen LogP contribution is 2.43. The van der Waals surface area contributed by atoms with Gasteiger partial charge in [-0.15, -0.1) is 6.58 Å². The number of hydrogen-bond donors (Lipinski definition) is 1. The molecule has 3 atom stereocenters. The SMILES string of the molecule is C=C(C)CCC(C)(C)C1CCC(C)CC1NC. The summed E-state index contributed by atoms with van der Waals surface area (Å²) in [5, 5.41) is 3.56. The average Bonchev–Trinajstić information content (AvgIpc) is 2.26. The van der Waals surface area contributed by atoms with Gasteiger partial charge < -0.3 is 5.32 Å². The van der Waals surface area contributed by atoms with E-state index in [-0.39, 0.29) is 0 Å². The second-order valence-corrected chi connectivity index (χ2v) is 6.87. The fraction of sp³-hybridized carbons (Fsp3) is 0.875. The summed E-state index contributed by atoms with van der Waals surface area (Å²) in [6.45, 7) is 13.5. The summed E-state index contributed by atoms with van der Waals surface area (Å²) >= 11 is 0. The van der Waals surface area contributed by atoms with Gasteiger partial charge in [-0.3, -0.25) is 0 Å². The highest BCUT2D eigenvalue weighted by molar-refractivity contribution is 4.95. The first-order valence-corrected chi connectivity index (χ1v) is 7.18. The van der Waals surface area contributed by atoms with E-state index in [1.54, 1.807) is 0 Å². The zero-order valence-electron chi connectivity index (χ0n) is 12.5. The van der Waals surface area contributed by atoms with Crippen molar-refractivity contribution in [2.24, 2.45) is 17.3 Å². The van der Waals surface area contributed by atoms with E-state index >= 15 is 0 Å². The molecule has 1 heteroatoms.